The quantitative estimate of drug-likeness (QED) is 0.560. The molecule has 1 amide bonds. The Balaban J connectivity index is 2.11. The molecule has 2 rings (SSSR count). The van der Waals surface area contributed by atoms with Crippen LogP contribution in [0.2, 0.25) is 0 Å². The van der Waals surface area contributed by atoms with Crippen LogP contribution in [0.1, 0.15) is 12.5 Å². The molecule has 0 spiro atoms. The maximum Gasteiger partial charge on any atom is 0.217 e. The van der Waals surface area contributed by atoms with Crippen molar-refractivity contribution in [2.24, 2.45) is 0 Å². The van der Waals surface area contributed by atoms with Gasteiger partial charge in [0.1, 0.15) is 24.4 Å². The van der Waals surface area contributed by atoms with Crippen LogP contribution < -0.4 is 5.32 Å². The molecule has 1 aliphatic rings. The molecular weight excluding hydrogens is 370 g/mol. The molecule has 7 nitrogen and oxygen atoms in total. The third-order valence-electron chi connectivity index (χ3n) is 3.61. The fourth-order valence-corrected chi connectivity index (χ4v) is 2.80. The lowest BCUT2D eigenvalue weighted by Gasteiger charge is -2.42. The minimum atomic E-state index is -1.32. The molecule has 0 bridgehead atoms. The zero-order chi connectivity index (χ0) is 17.0. The number of nitrogens with one attached hydrogen (secondary N) is 1. The van der Waals surface area contributed by atoms with Crippen molar-refractivity contribution in [3.05, 3.63) is 34.3 Å². The van der Waals surface area contributed by atoms with Gasteiger partial charge in [0.2, 0.25) is 5.91 Å². The number of aliphatic hydroxyl groups excluding tert-OH is 3. The van der Waals surface area contributed by atoms with E-state index < -0.39 is 37.3 Å². The van der Waals surface area contributed by atoms with E-state index >= 15 is 0 Å². The van der Waals surface area contributed by atoms with E-state index in [1.54, 1.807) is 0 Å². The number of rotatable bonds is 5. The molecule has 1 aromatic rings. The van der Waals surface area contributed by atoms with Gasteiger partial charge >= 0.3 is 0 Å². The maximum atomic E-state index is 11.3. The first-order valence-corrected chi connectivity index (χ1v) is 7.98. The predicted octanol–water partition coefficient (Wildman–Crippen LogP) is -0.0906. The topological polar surface area (TPSA) is 108 Å². The average Bonchev–Trinajstić information content (AvgIpc) is 2.52. The van der Waals surface area contributed by atoms with Gasteiger partial charge < -0.3 is 30.1 Å². The summed E-state index contributed by atoms with van der Waals surface area (Å²) in [5.74, 6) is -0.387. The zero-order valence-electron chi connectivity index (χ0n) is 12.6. The lowest BCUT2D eigenvalue weighted by atomic mass is 9.97. The molecule has 1 aliphatic heterocycles. The highest BCUT2D eigenvalue weighted by Crippen LogP contribution is 2.24. The van der Waals surface area contributed by atoms with Gasteiger partial charge in [-0.25, -0.2) is 0 Å². The number of ether oxygens (including phenoxy) is 2. The van der Waals surface area contributed by atoms with Crippen molar-refractivity contribution in [3.63, 3.8) is 0 Å². The number of carbonyl (C=O) groups excluding carboxylic acids is 1. The summed E-state index contributed by atoms with van der Waals surface area (Å²) >= 11 is 3.40. The van der Waals surface area contributed by atoms with E-state index in [4.69, 9.17) is 9.47 Å². The first kappa shape index (κ1) is 18.3. The fourth-order valence-electron chi connectivity index (χ4n) is 2.40. The molecule has 1 fully saturated rings. The van der Waals surface area contributed by atoms with E-state index in [9.17, 15) is 20.1 Å². The molecule has 5 atom stereocenters. The van der Waals surface area contributed by atoms with Gasteiger partial charge in [0.25, 0.3) is 0 Å². The first-order valence-electron chi connectivity index (χ1n) is 7.18. The second-order valence-electron chi connectivity index (χ2n) is 5.34. The highest BCUT2D eigenvalue weighted by molar-refractivity contribution is 9.10. The van der Waals surface area contributed by atoms with E-state index in [0.717, 1.165) is 10.0 Å². The van der Waals surface area contributed by atoms with Crippen LogP contribution in [-0.4, -0.2) is 58.5 Å². The Kier molecular flexibility index (Phi) is 6.51. The molecule has 0 aliphatic carbocycles. The molecule has 0 radical (unpaired) electrons. The van der Waals surface area contributed by atoms with E-state index in [2.05, 4.69) is 21.2 Å². The summed E-state index contributed by atoms with van der Waals surface area (Å²) in [4.78, 5) is 11.3. The summed E-state index contributed by atoms with van der Waals surface area (Å²) < 4.78 is 12.0. The lowest BCUT2D eigenvalue weighted by Crippen LogP contribution is -2.64. The van der Waals surface area contributed by atoms with Gasteiger partial charge in [0, 0.05) is 11.4 Å². The van der Waals surface area contributed by atoms with Gasteiger partial charge in [-0.15, -0.1) is 0 Å². The molecule has 1 aromatic carbocycles. The van der Waals surface area contributed by atoms with E-state index in [1.807, 2.05) is 24.3 Å². The van der Waals surface area contributed by atoms with Crippen LogP contribution in [0.5, 0.6) is 0 Å². The van der Waals surface area contributed by atoms with Crippen molar-refractivity contribution >= 4 is 21.8 Å². The van der Waals surface area contributed by atoms with Gasteiger partial charge in [-0.3, -0.25) is 4.79 Å². The van der Waals surface area contributed by atoms with Crippen molar-refractivity contribution in [2.45, 2.75) is 44.2 Å². The average molecular weight is 390 g/mol. The highest BCUT2D eigenvalue weighted by Gasteiger charge is 2.45. The normalized spacial score (nSPS) is 30.9. The van der Waals surface area contributed by atoms with Crippen molar-refractivity contribution < 1.29 is 29.6 Å². The number of amides is 1. The number of hydrogen-bond donors (Lipinski definition) is 4. The van der Waals surface area contributed by atoms with Crippen molar-refractivity contribution in [1.29, 1.82) is 0 Å². The van der Waals surface area contributed by atoms with Crippen molar-refractivity contribution in [2.75, 3.05) is 6.61 Å². The Morgan fingerprint density at radius 3 is 2.65 bits per heavy atom. The fraction of sp³-hybridized carbons (Fsp3) is 0.533. The summed E-state index contributed by atoms with van der Waals surface area (Å²) in [5.41, 5.74) is 0.860. The first-order chi connectivity index (χ1) is 10.9. The summed E-state index contributed by atoms with van der Waals surface area (Å²) in [5, 5.41) is 31.8. The molecule has 23 heavy (non-hydrogen) atoms. The molecule has 0 unspecified atom stereocenters. The van der Waals surface area contributed by atoms with Gasteiger partial charge in [-0.2, -0.15) is 0 Å². The summed E-state index contributed by atoms with van der Waals surface area (Å²) in [7, 11) is 0. The zero-order valence-corrected chi connectivity index (χ0v) is 14.1. The molecule has 0 saturated carbocycles. The van der Waals surface area contributed by atoms with Crippen LogP contribution in [0.15, 0.2) is 28.7 Å². The Labute approximate surface area is 142 Å². The van der Waals surface area contributed by atoms with Crippen LogP contribution in [-0.2, 0) is 20.9 Å². The van der Waals surface area contributed by atoms with Crippen LogP contribution in [0.25, 0.3) is 0 Å². The minimum absolute atomic E-state index is 0.170. The van der Waals surface area contributed by atoms with Crippen molar-refractivity contribution in [1.82, 2.24) is 5.32 Å². The Morgan fingerprint density at radius 2 is 2.04 bits per heavy atom. The highest BCUT2D eigenvalue weighted by atomic mass is 79.9. The van der Waals surface area contributed by atoms with E-state index in [-0.39, 0.29) is 12.5 Å². The van der Waals surface area contributed by atoms with Crippen LogP contribution in [0.3, 0.4) is 0 Å². The molecule has 0 aromatic heterocycles. The molecular formula is C15H20BrNO6. The monoisotopic (exact) mass is 389 g/mol. The van der Waals surface area contributed by atoms with Crippen LogP contribution >= 0.6 is 15.9 Å². The summed E-state index contributed by atoms with van der Waals surface area (Å²) in [6.07, 6.45) is -4.62. The van der Waals surface area contributed by atoms with Gasteiger partial charge in [-0.1, -0.05) is 34.1 Å². The van der Waals surface area contributed by atoms with E-state index in [1.165, 1.54) is 6.92 Å². The maximum absolute atomic E-state index is 11.3. The largest absolute Gasteiger partial charge is 0.394 e. The van der Waals surface area contributed by atoms with Crippen LogP contribution in [0.4, 0.5) is 0 Å². The third-order valence-corrected chi connectivity index (χ3v) is 4.39. The molecule has 1 heterocycles. The lowest BCUT2D eigenvalue weighted by molar-refractivity contribution is -0.273. The number of benzene rings is 1. The smallest absolute Gasteiger partial charge is 0.217 e. The SMILES string of the molecule is CC(=O)N[C@H]1[C@H](OCc2ccccc2Br)O[C@H](CO)[C@@H](O)[C@@H]1O. The Hall–Kier alpha value is -1.03. The van der Waals surface area contributed by atoms with Gasteiger partial charge in [0.15, 0.2) is 6.29 Å². The number of carbonyl (C=O) groups is 1. The van der Waals surface area contributed by atoms with Crippen LogP contribution in [0, 0.1) is 0 Å². The number of aliphatic hydroxyl groups is 3. The second kappa shape index (κ2) is 8.18. The summed E-state index contributed by atoms with van der Waals surface area (Å²) in [6, 6.07) is 6.50. The second-order valence-corrected chi connectivity index (χ2v) is 6.19. The van der Waals surface area contributed by atoms with Gasteiger partial charge in [0.05, 0.1) is 13.2 Å². The summed E-state index contributed by atoms with van der Waals surface area (Å²) in [6.45, 7) is 0.991. The molecule has 1 saturated heterocycles. The number of halogens is 1. The molecule has 4 N–H and O–H groups in total. The van der Waals surface area contributed by atoms with E-state index in [0.29, 0.717) is 0 Å². The molecule has 128 valence electrons. The van der Waals surface area contributed by atoms with Gasteiger partial charge in [-0.05, 0) is 11.6 Å². The third kappa shape index (κ3) is 4.50. The Morgan fingerprint density at radius 1 is 1.35 bits per heavy atom. The minimum Gasteiger partial charge on any atom is -0.394 e. The predicted molar refractivity (Wildman–Crippen MR) is 84.3 cm³/mol. The molecule has 8 heteroatoms. The standard InChI is InChI=1S/C15H20BrNO6/c1-8(19)17-12-14(21)13(20)11(6-18)23-15(12)22-7-9-4-2-3-5-10(9)16/h2-5,11-15,18,20-21H,6-7H2,1H3,(H,17,19)/t11-,12-,13-,14-,15-/m1/s1. The van der Waals surface area contributed by atoms with Crippen molar-refractivity contribution in [3.8, 4) is 0 Å². The Bertz CT molecular complexity index is 542. The number of hydrogen-bond acceptors (Lipinski definition) is 6.